The molecule has 2 aliphatic rings. The van der Waals surface area contributed by atoms with Crippen LogP contribution in [0.25, 0.3) is 0 Å². The fraction of sp³-hybridized carbons (Fsp3) is 0.652. The standard InChI is InChI=1S/C23H35N3O2/c1-4-20-7-5-6-16-26(20)23(28)18-10-8-17(9-11-18)22(27)24-19-12-14-21(15-13-19)25(2)3/h12-15,17-18,20H,4-11,16H2,1-3H3,(H,24,27). The van der Waals surface area contributed by atoms with Gasteiger partial charge in [0.05, 0.1) is 0 Å². The molecule has 154 valence electrons. The van der Waals surface area contributed by atoms with Crippen molar-refractivity contribution in [2.75, 3.05) is 30.9 Å². The number of piperidine rings is 1. The van der Waals surface area contributed by atoms with E-state index in [1.165, 1.54) is 6.42 Å². The fourth-order valence-electron chi connectivity index (χ4n) is 4.64. The molecule has 1 aliphatic carbocycles. The van der Waals surface area contributed by atoms with Crippen molar-refractivity contribution in [2.45, 2.75) is 64.3 Å². The largest absolute Gasteiger partial charge is 0.378 e. The quantitative estimate of drug-likeness (QED) is 0.823. The van der Waals surface area contributed by atoms with Crippen LogP contribution in [-0.4, -0.2) is 43.4 Å². The first-order chi connectivity index (χ1) is 13.5. The van der Waals surface area contributed by atoms with Crippen LogP contribution < -0.4 is 10.2 Å². The summed E-state index contributed by atoms with van der Waals surface area (Å²) in [5.41, 5.74) is 1.95. The van der Waals surface area contributed by atoms with Crippen molar-refractivity contribution >= 4 is 23.2 Å². The van der Waals surface area contributed by atoms with Gasteiger partial charge in [-0.05, 0) is 75.6 Å². The van der Waals surface area contributed by atoms with Gasteiger partial charge in [-0.25, -0.2) is 0 Å². The maximum atomic E-state index is 13.0. The number of carbonyl (C=O) groups excluding carboxylic acids is 2. The summed E-state index contributed by atoms with van der Waals surface area (Å²) in [6.45, 7) is 3.10. The van der Waals surface area contributed by atoms with Crippen molar-refractivity contribution in [1.29, 1.82) is 0 Å². The summed E-state index contributed by atoms with van der Waals surface area (Å²) in [6.07, 6.45) is 7.86. The molecule has 1 aliphatic heterocycles. The zero-order valence-electron chi connectivity index (χ0n) is 17.6. The minimum atomic E-state index is 0.0147. The lowest BCUT2D eigenvalue weighted by atomic mass is 9.80. The normalized spacial score (nSPS) is 25.2. The Labute approximate surface area is 169 Å². The lowest BCUT2D eigenvalue weighted by Crippen LogP contribution is -2.47. The second-order valence-corrected chi connectivity index (χ2v) is 8.57. The molecule has 1 saturated carbocycles. The van der Waals surface area contributed by atoms with Gasteiger partial charge in [-0.1, -0.05) is 6.92 Å². The number of benzene rings is 1. The van der Waals surface area contributed by atoms with Gasteiger partial charge >= 0.3 is 0 Å². The maximum absolute atomic E-state index is 13.0. The van der Waals surface area contributed by atoms with Crippen LogP contribution in [-0.2, 0) is 9.59 Å². The molecule has 0 aromatic heterocycles. The molecule has 0 bridgehead atoms. The van der Waals surface area contributed by atoms with Gasteiger partial charge in [-0.15, -0.1) is 0 Å². The van der Waals surface area contributed by atoms with Crippen LogP contribution in [0.3, 0.4) is 0 Å². The van der Waals surface area contributed by atoms with Gasteiger partial charge in [-0.3, -0.25) is 9.59 Å². The van der Waals surface area contributed by atoms with E-state index >= 15 is 0 Å². The zero-order valence-corrected chi connectivity index (χ0v) is 17.6. The minimum Gasteiger partial charge on any atom is -0.378 e. The van der Waals surface area contributed by atoms with E-state index in [2.05, 4.69) is 17.1 Å². The molecule has 5 nitrogen and oxygen atoms in total. The van der Waals surface area contributed by atoms with Crippen LogP contribution in [0.5, 0.6) is 0 Å². The van der Waals surface area contributed by atoms with Crippen LogP contribution in [0.15, 0.2) is 24.3 Å². The Bertz CT molecular complexity index is 663. The Morgan fingerprint density at radius 2 is 1.64 bits per heavy atom. The smallest absolute Gasteiger partial charge is 0.227 e. The molecule has 0 spiro atoms. The third-order valence-electron chi connectivity index (χ3n) is 6.48. The summed E-state index contributed by atoms with van der Waals surface area (Å²) >= 11 is 0. The first-order valence-corrected chi connectivity index (χ1v) is 10.9. The number of nitrogens with zero attached hydrogens (tertiary/aromatic N) is 2. The van der Waals surface area contributed by atoms with Gasteiger partial charge in [-0.2, -0.15) is 0 Å². The Balaban J connectivity index is 1.50. The van der Waals surface area contributed by atoms with Crippen molar-refractivity contribution in [1.82, 2.24) is 4.90 Å². The average molecular weight is 386 g/mol. The summed E-state index contributed by atoms with van der Waals surface area (Å²) < 4.78 is 0. The lowest BCUT2D eigenvalue weighted by Gasteiger charge is -2.39. The third-order valence-corrected chi connectivity index (χ3v) is 6.48. The SMILES string of the molecule is CCC1CCCCN1C(=O)C1CCC(C(=O)Nc2ccc(N(C)C)cc2)CC1. The molecule has 1 atom stereocenters. The summed E-state index contributed by atoms with van der Waals surface area (Å²) in [5.74, 6) is 0.550. The van der Waals surface area contributed by atoms with Crippen molar-refractivity contribution in [3.05, 3.63) is 24.3 Å². The highest BCUT2D eigenvalue weighted by Gasteiger charge is 2.34. The van der Waals surface area contributed by atoms with Gasteiger partial charge in [0, 0.05) is 49.9 Å². The van der Waals surface area contributed by atoms with E-state index in [0.717, 1.165) is 62.9 Å². The summed E-state index contributed by atoms with van der Waals surface area (Å²) in [6, 6.07) is 8.34. The van der Waals surface area contributed by atoms with Crippen molar-refractivity contribution in [3.63, 3.8) is 0 Å². The molecular weight excluding hydrogens is 350 g/mol. The van der Waals surface area contributed by atoms with E-state index < -0.39 is 0 Å². The van der Waals surface area contributed by atoms with E-state index in [9.17, 15) is 9.59 Å². The number of anilines is 2. The van der Waals surface area contributed by atoms with Crippen molar-refractivity contribution in [3.8, 4) is 0 Å². The van der Waals surface area contributed by atoms with Crippen LogP contribution in [0, 0.1) is 11.8 Å². The molecule has 3 rings (SSSR count). The molecule has 1 N–H and O–H groups in total. The first kappa shape index (κ1) is 20.7. The number of likely N-dealkylation sites (tertiary alicyclic amines) is 1. The second-order valence-electron chi connectivity index (χ2n) is 8.57. The number of carbonyl (C=O) groups is 2. The van der Waals surface area contributed by atoms with Gasteiger partial charge in [0.25, 0.3) is 0 Å². The molecule has 0 radical (unpaired) electrons. The van der Waals surface area contributed by atoms with Gasteiger partial charge in [0.1, 0.15) is 0 Å². The van der Waals surface area contributed by atoms with E-state index in [-0.39, 0.29) is 17.7 Å². The van der Waals surface area contributed by atoms with E-state index in [1.54, 1.807) is 0 Å². The number of rotatable bonds is 5. The van der Waals surface area contributed by atoms with Gasteiger partial charge in [0.2, 0.25) is 11.8 Å². The Hall–Kier alpha value is -2.04. The topological polar surface area (TPSA) is 52.7 Å². The highest BCUT2D eigenvalue weighted by Crippen LogP contribution is 2.33. The van der Waals surface area contributed by atoms with Crippen molar-refractivity contribution in [2.24, 2.45) is 11.8 Å². The van der Waals surface area contributed by atoms with Crippen LogP contribution >= 0.6 is 0 Å². The molecule has 1 unspecified atom stereocenters. The molecule has 2 amide bonds. The van der Waals surface area contributed by atoms with Crippen LogP contribution in [0.4, 0.5) is 11.4 Å². The Kier molecular flexibility index (Phi) is 6.97. The van der Waals surface area contributed by atoms with E-state index in [0.29, 0.717) is 11.9 Å². The summed E-state index contributed by atoms with van der Waals surface area (Å²) in [4.78, 5) is 29.8. The lowest BCUT2D eigenvalue weighted by molar-refractivity contribution is -0.141. The third kappa shape index (κ3) is 4.86. The zero-order chi connectivity index (χ0) is 20.1. The number of hydrogen-bond acceptors (Lipinski definition) is 3. The van der Waals surface area contributed by atoms with Gasteiger partial charge in [0.15, 0.2) is 0 Å². The predicted molar refractivity (Wildman–Crippen MR) is 114 cm³/mol. The molecule has 1 aromatic rings. The highest BCUT2D eigenvalue weighted by atomic mass is 16.2. The van der Waals surface area contributed by atoms with E-state index in [4.69, 9.17) is 0 Å². The highest BCUT2D eigenvalue weighted by molar-refractivity contribution is 5.93. The number of amides is 2. The summed E-state index contributed by atoms with van der Waals surface area (Å²) in [5, 5.41) is 3.05. The van der Waals surface area contributed by atoms with E-state index in [1.807, 2.05) is 43.3 Å². The van der Waals surface area contributed by atoms with Gasteiger partial charge < -0.3 is 15.1 Å². The predicted octanol–water partition coefficient (Wildman–Crippen LogP) is 4.29. The number of hydrogen-bond donors (Lipinski definition) is 1. The monoisotopic (exact) mass is 385 g/mol. The fourth-order valence-corrected chi connectivity index (χ4v) is 4.64. The molecular formula is C23H35N3O2. The molecule has 5 heteroatoms. The Morgan fingerprint density at radius 1 is 1.00 bits per heavy atom. The maximum Gasteiger partial charge on any atom is 0.227 e. The average Bonchev–Trinajstić information content (AvgIpc) is 2.73. The minimum absolute atomic E-state index is 0.0147. The molecule has 1 saturated heterocycles. The molecule has 1 aromatic carbocycles. The number of nitrogens with one attached hydrogen (secondary N) is 1. The second kappa shape index (κ2) is 9.44. The molecule has 28 heavy (non-hydrogen) atoms. The first-order valence-electron chi connectivity index (χ1n) is 10.9. The molecule has 2 fully saturated rings. The van der Waals surface area contributed by atoms with Crippen molar-refractivity contribution < 1.29 is 9.59 Å². The molecule has 1 heterocycles. The van der Waals surface area contributed by atoms with Crippen LogP contribution in [0.2, 0.25) is 0 Å². The van der Waals surface area contributed by atoms with Crippen LogP contribution in [0.1, 0.15) is 58.3 Å². The Morgan fingerprint density at radius 3 is 2.25 bits per heavy atom. The summed E-state index contributed by atoms with van der Waals surface area (Å²) in [7, 11) is 4.00.